The van der Waals surface area contributed by atoms with Crippen molar-refractivity contribution in [3.63, 3.8) is 0 Å². The number of thioether (sulfide) groups is 1. The standard InChI is InChI=1S/C12H28O3SSi/c1-5-9-10-16-11-12-17(13-6-2,14-7-3)15-8-4/h5-12H2,1-4H3. The Morgan fingerprint density at radius 2 is 1.35 bits per heavy atom. The zero-order valence-corrected chi connectivity index (χ0v) is 13.6. The van der Waals surface area contributed by atoms with E-state index in [2.05, 4.69) is 6.92 Å². The van der Waals surface area contributed by atoms with Crippen molar-refractivity contribution in [1.29, 1.82) is 0 Å². The summed E-state index contributed by atoms with van der Waals surface area (Å²) in [5.74, 6) is 2.30. The molecule has 0 aromatic rings. The molecule has 5 heteroatoms. The molecule has 0 N–H and O–H groups in total. The second kappa shape index (κ2) is 11.5. The molecular formula is C12H28O3SSi. The maximum Gasteiger partial charge on any atom is 0.501 e. The summed E-state index contributed by atoms with van der Waals surface area (Å²) in [7, 11) is -2.38. The highest BCUT2D eigenvalue weighted by Gasteiger charge is 2.39. The van der Waals surface area contributed by atoms with Crippen LogP contribution in [-0.2, 0) is 13.3 Å². The third-order valence-corrected chi connectivity index (χ3v) is 6.77. The van der Waals surface area contributed by atoms with Crippen molar-refractivity contribution >= 4 is 20.6 Å². The van der Waals surface area contributed by atoms with Crippen LogP contribution in [0.1, 0.15) is 40.5 Å². The predicted octanol–water partition coefficient (Wildman–Crippen LogP) is 3.57. The summed E-state index contributed by atoms with van der Waals surface area (Å²) < 4.78 is 17.4. The summed E-state index contributed by atoms with van der Waals surface area (Å²) in [5.41, 5.74) is 0. The minimum atomic E-state index is -2.38. The van der Waals surface area contributed by atoms with Gasteiger partial charge in [-0.05, 0) is 38.7 Å². The van der Waals surface area contributed by atoms with Crippen LogP contribution in [0.3, 0.4) is 0 Å². The number of rotatable bonds is 12. The van der Waals surface area contributed by atoms with E-state index in [9.17, 15) is 0 Å². The number of hydrogen-bond donors (Lipinski definition) is 0. The first-order valence-electron chi connectivity index (χ1n) is 6.74. The summed E-state index contributed by atoms with van der Waals surface area (Å²) in [5, 5.41) is 0. The lowest BCUT2D eigenvalue weighted by molar-refractivity contribution is 0.0728. The van der Waals surface area contributed by atoms with Gasteiger partial charge in [0.05, 0.1) is 0 Å². The molecular weight excluding hydrogens is 252 g/mol. The van der Waals surface area contributed by atoms with E-state index in [-0.39, 0.29) is 0 Å². The van der Waals surface area contributed by atoms with Crippen molar-refractivity contribution in [2.24, 2.45) is 0 Å². The van der Waals surface area contributed by atoms with Crippen LogP contribution in [0.2, 0.25) is 6.04 Å². The highest BCUT2D eigenvalue weighted by Crippen LogP contribution is 2.19. The van der Waals surface area contributed by atoms with Crippen LogP contribution >= 0.6 is 11.8 Å². The summed E-state index contributed by atoms with van der Waals surface area (Å²) in [4.78, 5) is 0. The maximum atomic E-state index is 5.80. The van der Waals surface area contributed by atoms with E-state index in [1.54, 1.807) is 0 Å². The molecule has 0 aliphatic carbocycles. The quantitative estimate of drug-likeness (QED) is 0.403. The van der Waals surface area contributed by atoms with Gasteiger partial charge in [-0.25, -0.2) is 0 Å². The SMILES string of the molecule is CCCCSCC[Si](OCC)(OCC)OCC. The first kappa shape index (κ1) is 17.4. The zero-order valence-electron chi connectivity index (χ0n) is 11.8. The first-order chi connectivity index (χ1) is 8.24. The Morgan fingerprint density at radius 1 is 0.824 bits per heavy atom. The lowest BCUT2D eigenvalue weighted by Gasteiger charge is -2.28. The topological polar surface area (TPSA) is 27.7 Å². The monoisotopic (exact) mass is 280 g/mol. The summed E-state index contributed by atoms with van der Waals surface area (Å²) in [6, 6.07) is 0.927. The third-order valence-electron chi connectivity index (χ3n) is 2.29. The zero-order chi connectivity index (χ0) is 13.0. The van der Waals surface area contributed by atoms with Crippen molar-refractivity contribution in [2.45, 2.75) is 46.6 Å². The van der Waals surface area contributed by atoms with Crippen molar-refractivity contribution in [2.75, 3.05) is 31.3 Å². The van der Waals surface area contributed by atoms with Crippen LogP contribution in [0.15, 0.2) is 0 Å². The average molecular weight is 281 g/mol. The van der Waals surface area contributed by atoms with Crippen molar-refractivity contribution in [3.8, 4) is 0 Å². The minimum Gasteiger partial charge on any atom is -0.374 e. The molecule has 104 valence electrons. The normalized spacial score (nSPS) is 12.0. The van der Waals surface area contributed by atoms with Crippen molar-refractivity contribution in [1.82, 2.24) is 0 Å². The van der Waals surface area contributed by atoms with Gasteiger partial charge in [-0.1, -0.05) is 13.3 Å². The van der Waals surface area contributed by atoms with Crippen LogP contribution in [-0.4, -0.2) is 40.1 Å². The highest BCUT2D eigenvalue weighted by atomic mass is 32.2. The van der Waals surface area contributed by atoms with Crippen LogP contribution in [0.5, 0.6) is 0 Å². The maximum absolute atomic E-state index is 5.80. The number of hydrogen-bond acceptors (Lipinski definition) is 4. The fourth-order valence-corrected chi connectivity index (χ4v) is 5.82. The van der Waals surface area contributed by atoms with Gasteiger partial charge < -0.3 is 13.3 Å². The average Bonchev–Trinajstić information content (AvgIpc) is 2.30. The van der Waals surface area contributed by atoms with Gasteiger partial charge >= 0.3 is 8.80 Å². The minimum absolute atomic E-state index is 0.672. The van der Waals surface area contributed by atoms with Crippen LogP contribution < -0.4 is 0 Å². The summed E-state index contributed by atoms with van der Waals surface area (Å²) in [6.07, 6.45) is 2.55. The molecule has 0 unspecified atom stereocenters. The van der Waals surface area contributed by atoms with Gasteiger partial charge in [0.15, 0.2) is 0 Å². The number of unbranched alkanes of at least 4 members (excludes halogenated alkanes) is 1. The Kier molecular flexibility index (Phi) is 11.8. The molecule has 0 bridgehead atoms. The Balaban J connectivity index is 4.05. The highest BCUT2D eigenvalue weighted by molar-refractivity contribution is 7.99. The lowest BCUT2D eigenvalue weighted by atomic mass is 10.4. The molecule has 0 rings (SSSR count). The summed E-state index contributed by atoms with van der Waals surface area (Å²) in [6.45, 7) is 10.3. The summed E-state index contributed by atoms with van der Waals surface area (Å²) >= 11 is 1.98. The van der Waals surface area contributed by atoms with Gasteiger partial charge in [0.25, 0.3) is 0 Å². The van der Waals surface area contributed by atoms with Crippen molar-refractivity contribution < 1.29 is 13.3 Å². The van der Waals surface area contributed by atoms with Gasteiger partial charge in [-0.3, -0.25) is 0 Å². The molecule has 3 nitrogen and oxygen atoms in total. The molecule has 17 heavy (non-hydrogen) atoms. The first-order valence-corrected chi connectivity index (χ1v) is 9.82. The van der Waals surface area contributed by atoms with E-state index in [0.717, 1.165) is 11.8 Å². The molecule has 0 spiro atoms. The van der Waals surface area contributed by atoms with E-state index in [4.69, 9.17) is 13.3 Å². The van der Waals surface area contributed by atoms with Crippen LogP contribution in [0, 0.1) is 0 Å². The second-order valence-corrected chi connectivity index (χ2v) is 7.65. The van der Waals surface area contributed by atoms with Gasteiger partial charge in [-0.2, -0.15) is 11.8 Å². The smallest absolute Gasteiger partial charge is 0.374 e. The molecule has 0 heterocycles. The van der Waals surface area contributed by atoms with Gasteiger partial charge in [-0.15, -0.1) is 0 Å². The van der Waals surface area contributed by atoms with E-state index in [1.165, 1.54) is 18.6 Å². The van der Waals surface area contributed by atoms with E-state index in [0.29, 0.717) is 19.8 Å². The third kappa shape index (κ3) is 8.21. The Labute approximate surface area is 112 Å². The molecule has 0 saturated heterocycles. The van der Waals surface area contributed by atoms with E-state index < -0.39 is 8.80 Å². The Morgan fingerprint density at radius 3 is 1.76 bits per heavy atom. The van der Waals surface area contributed by atoms with Gasteiger partial charge in [0.2, 0.25) is 0 Å². The predicted molar refractivity (Wildman–Crippen MR) is 77.7 cm³/mol. The fourth-order valence-electron chi connectivity index (χ4n) is 1.55. The molecule has 0 radical (unpaired) electrons. The molecule has 0 saturated carbocycles. The largest absolute Gasteiger partial charge is 0.501 e. The molecule has 0 aromatic heterocycles. The van der Waals surface area contributed by atoms with E-state index >= 15 is 0 Å². The molecule has 0 fully saturated rings. The Hall–Kier alpha value is 0.447. The lowest BCUT2D eigenvalue weighted by Crippen LogP contribution is -2.46. The molecule has 0 aromatic carbocycles. The van der Waals surface area contributed by atoms with Gasteiger partial charge in [0.1, 0.15) is 0 Å². The van der Waals surface area contributed by atoms with Crippen LogP contribution in [0.25, 0.3) is 0 Å². The van der Waals surface area contributed by atoms with E-state index in [1.807, 2.05) is 32.5 Å². The molecule has 0 aliphatic rings. The molecule has 0 atom stereocenters. The molecule has 0 amide bonds. The van der Waals surface area contributed by atoms with Crippen LogP contribution in [0.4, 0.5) is 0 Å². The fraction of sp³-hybridized carbons (Fsp3) is 1.00. The Bertz CT molecular complexity index is 153. The van der Waals surface area contributed by atoms with Crippen molar-refractivity contribution in [3.05, 3.63) is 0 Å². The molecule has 0 aliphatic heterocycles. The van der Waals surface area contributed by atoms with Gasteiger partial charge in [0, 0.05) is 25.9 Å². The second-order valence-electron chi connectivity index (χ2n) is 3.70.